The molecule has 0 saturated heterocycles. The lowest BCUT2D eigenvalue weighted by molar-refractivity contribution is -0.137. The zero-order chi connectivity index (χ0) is 14.3. The van der Waals surface area contributed by atoms with E-state index in [0.29, 0.717) is 35.3 Å². The lowest BCUT2D eigenvalue weighted by Gasteiger charge is -2.14. The van der Waals surface area contributed by atoms with Crippen LogP contribution in [0.5, 0.6) is 11.5 Å². The van der Waals surface area contributed by atoms with Crippen LogP contribution in [-0.2, 0) is 4.79 Å². The number of hydrogen-bond acceptors (Lipinski definition) is 4. The van der Waals surface area contributed by atoms with E-state index in [0.717, 1.165) is 12.8 Å². The molecule has 0 aromatic heterocycles. The fourth-order valence-electron chi connectivity index (χ4n) is 2.32. The molecule has 0 radical (unpaired) electrons. The third-order valence-electron chi connectivity index (χ3n) is 3.87. The Morgan fingerprint density at radius 1 is 1.40 bits per heavy atom. The number of halogens is 1. The molecule has 1 fully saturated rings. The van der Waals surface area contributed by atoms with E-state index in [4.69, 9.17) is 31.9 Å². The van der Waals surface area contributed by atoms with Crippen molar-refractivity contribution in [3.05, 3.63) is 22.7 Å². The van der Waals surface area contributed by atoms with Crippen LogP contribution in [0.15, 0.2) is 12.1 Å². The predicted octanol–water partition coefficient (Wildman–Crippen LogP) is 2.37. The summed E-state index contributed by atoms with van der Waals surface area (Å²) in [5, 5.41) is 9.22. The zero-order valence-corrected chi connectivity index (χ0v) is 11.7. The van der Waals surface area contributed by atoms with Gasteiger partial charge in [0.2, 0.25) is 0 Å². The monoisotopic (exact) mass is 297 g/mol. The van der Waals surface area contributed by atoms with E-state index in [1.54, 1.807) is 12.1 Å². The molecule has 1 aromatic carbocycles. The van der Waals surface area contributed by atoms with Gasteiger partial charge in [-0.1, -0.05) is 11.6 Å². The van der Waals surface area contributed by atoms with Gasteiger partial charge < -0.3 is 20.3 Å². The van der Waals surface area contributed by atoms with E-state index in [2.05, 4.69) is 0 Å². The van der Waals surface area contributed by atoms with Crippen molar-refractivity contribution in [2.45, 2.75) is 25.3 Å². The number of aliphatic carboxylic acids is 1. The first-order chi connectivity index (χ1) is 9.49. The molecule has 1 spiro atoms. The van der Waals surface area contributed by atoms with Crippen LogP contribution >= 0.6 is 11.6 Å². The molecule has 1 saturated carbocycles. The fourth-order valence-corrected chi connectivity index (χ4v) is 2.59. The predicted molar refractivity (Wildman–Crippen MR) is 73.3 cm³/mol. The normalized spacial score (nSPS) is 20.3. The summed E-state index contributed by atoms with van der Waals surface area (Å²) < 4.78 is 11.5. The van der Waals surface area contributed by atoms with Crippen LogP contribution < -0.4 is 15.2 Å². The van der Waals surface area contributed by atoms with Crippen LogP contribution in [-0.4, -0.2) is 24.3 Å². The smallest absolute Gasteiger partial charge is 0.305 e. The van der Waals surface area contributed by atoms with Gasteiger partial charge in [-0.05, 0) is 30.5 Å². The molecule has 1 atom stereocenters. The number of nitrogens with two attached hydrogens (primary N) is 1. The molecule has 5 nitrogen and oxygen atoms in total. The van der Waals surface area contributed by atoms with Crippen LogP contribution in [0.1, 0.15) is 30.9 Å². The minimum absolute atomic E-state index is 0.131. The van der Waals surface area contributed by atoms with Crippen molar-refractivity contribution < 1.29 is 19.4 Å². The van der Waals surface area contributed by atoms with Crippen molar-refractivity contribution in [3.8, 4) is 11.5 Å². The van der Waals surface area contributed by atoms with Gasteiger partial charge in [-0.25, -0.2) is 0 Å². The van der Waals surface area contributed by atoms with Gasteiger partial charge >= 0.3 is 5.97 Å². The lowest BCUT2D eigenvalue weighted by Crippen LogP contribution is -2.17. The summed E-state index contributed by atoms with van der Waals surface area (Å²) in [5.74, 6) is 0.136. The highest BCUT2D eigenvalue weighted by Gasteiger charge is 2.46. The molecule has 3 N–H and O–H groups in total. The number of carboxylic acid groups (broad SMARTS) is 1. The molecule has 6 heteroatoms. The topological polar surface area (TPSA) is 81.8 Å². The van der Waals surface area contributed by atoms with E-state index in [9.17, 15) is 4.79 Å². The van der Waals surface area contributed by atoms with Gasteiger partial charge in [0.1, 0.15) is 0 Å². The van der Waals surface area contributed by atoms with Gasteiger partial charge in [0.25, 0.3) is 0 Å². The van der Waals surface area contributed by atoms with Crippen molar-refractivity contribution in [2.24, 2.45) is 11.1 Å². The minimum atomic E-state index is -0.947. The Bertz CT molecular complexity index is 556. The quantitative estimate of drug-likeness (QED) is 0.895. The number of hydrogen-bond donors (Lipinski definition) is 2. The van der Waals surface area contributed by atoms with Crippen molar-refractivity contribution in [1.82, 2.24) is 0 Å². The van der Waals surface area contributed by atoms with Gasteiger partial charge in [-0.2, -0.15) is 0 Å². The first-order valence-electron chi connectivity index (χ1n) is 6.56. The molecule has 0 amide bonds. The van der Waals surface area contributed by atoms with Crippen LogP contribution in [0, 0.1) is 5.41 Å². The Balaban J connectivity index is 1.88. The Hall–Kier alpha value is -1.46. The van der Waals surface area contributed by atoms with E-state index in [1.165, 1.54) is 0 Å². The van der Waals surface area contributed by atoms with Gasteiger partial charge in [0.05, 0.1) is 24.7 Å². The standard InChI is InChI=1S/C14H16ClNO4/c15-9-3-8(10(16)5-12(17)18)4-11-13(9)20-7-14(1-2-14)6-19-11/h3-4,10H,1-2,5-7,16H2,(H,17,18). The summed E-state index contributed by atoms with van der Waals surface area (Å²) in [4.78, 5) is 10.7. The van der Waals surface area contributed by atoms with E-state index >= 15 is 0 Å². The van der Waals surface area contributed by atoms with Gasteiger partial charge in [-0.3, -0.25) is 4.79 Å². The van der Waals surface area contributed by atoms with E-state index in [1.807, 2.05) is 0 Å². The largest absolute Gasteiger partial charge is 0.489 e. The number of rotatable bonds is 3. The number of carboxylic acids is 1. The number of benzene rings is 1. The Labute approximate surface area is 121 Å². The average Bonchev–Trinajstić information content (AvgIpc) is 3.16. The Kier molecular flexibility index (Phi) is 3.26. The molecule has 2 aliphatic rings. The average molecular weight is 298 g/mol. The molecule has 1 aliphatic heterocycles. The first kappa shape index (κ1) is 13.5. The summed E-state index contributed by atoms with van der Waals surface area (Å²) in [7, 11) is 0. The van der Waals surface area contributed by atoms with E-state index < -0.39 is 12.0 Å². The third kappa shape index (κ3) is 2.55. The van der Waals surface area contributed by atoms with Crippen molar-refractivity contribution in [1.29, 1.82) is 0 Å². The maximum atomic E-state index is 10.7. The molecule has 0 bridgehead atoms. The maximum Gasteiger partial charge on any atom is 0.305 e. The SMILES string of the molecule is NC(CC(=O)O)c1cc(Cl)c2c(c1)OCC1(CC1)CO2. The molecule has 1 aromatic rings. The minimum Gasteiger partial charge on any atom is -0.489 e. The second kappa shape index (κ2) is 4.82. The van der Waals surface area contributed by atoms with Gasteiger partial charge in [0.15, 0.2) is 11.5 Å². The van der Waals surface area contributed by atoms with Gasteiger partial charge in [-0.15, -0.1) is 0 Å². The molecule has 108 valence electrons. The summed E-state index contributed by atoms with van der Waals surface area (Å²) in [6.07, 6.45) is 2.05. The molecule has 1 heterocycles. The molecular weight excluding hydrogens is 282 g/mol. The molecule has 3 rings (SSSR count). The van der Waals surface area contributed by atoms with Crippen LogP contribution in [0.2, 0.25) is 5.02 Å². The fraction of sp³-hybridized carbons (Fsp3) is 0.500. The summed E-state index contributed by atoms with van der Waals surface area (Å²) in [5.41, 5.74) is 6.64. The van der Waals surface area contributed by atoms with Crippen LogP contribution in [0.3, 0.4) is 0 Å². The zero-order valence-electron chi connectivity index (χ0n) is 10.9. The Morgan fingerprint density at radius 3 is 2.75 bits per heavy atom. The van der Waals surface area contributed by atoms with Crippen LogP contribution in [0.25, 0.3) is 0 Å². The molecular formula is C14H16ClNO4. The van der Waals surface area contributed by atoms with E-state index in [-0.39, 0.29) is 11.8 Å². The third-order valence-corrected chi connectivity index (χ3v) is 4.15. The summed E-state index contributed by atoms with van der Waals surface area (Å²) >= 11 is 6.21. The molecule has 1 aliphatic carbocycles. The number of ether oxygens (including phenoxy) is 2. The van der Waals surface area contributed by atoms with Gasteiger partial charge in [0, 0.05) is 11.5 Å². The maximum absolute atomic E-state index is 10.7. The second-order valence-corrected chi connectivity index (χ2v) is 6.02. The summed E-state index contributed by atoms with van der Waals surface area (Å²) in [6.45, 7) is 1.22. The summed E-state index contributed by atoms with van der Waals surface area (Å²) in [6, 6.07) is 2.77. The highest BCUT2D eigenvalue weighted by Crippen LogP contribution is 2.50. The number of carbonyl (C=O) groups is 1. The lowest BCUT2D eigenvalue weighted by atomic mass is 10.0. The van der Waals surface area contributed by atoms with Crippen molar-refractivity contribution in [2.75, 3.05) is 13.2 Å². The first-order valence-corrected chi connectivity index (χ1v) is 6.93. The number of fused-ring (bicyclic) bond motifs is 1. The van der Waals surface area contributed by atoms with Crippen molar-refractivity contribution >= 4 is 17.6 Å². The molecule has 20 heavy (non-hydrogen) atoms. The Morgan fingerprint density at radius 2 is 2.10 bits per heavy atom. The second-order valence-electron chi connectivity index (χ2n) is 5.61. The van der Waals surface area contributed by atoms with Crippen LogP contribution in [0.4, 0.5) is 0 Å². The highest BCUT2D eigenvalue weighted by atomic mass is 35.5. The van der Waals surface area contributed by atoms with Crippen molar-refractivity contribution in [3.63, 3.8) is 0 Å². The molecule has 1 unspecified atom stereocenters. The highest BCUT2D eigenvalue weighted by molar-refractivity contribution is 6.32.